The Balaban J connectivity index is 0.987. The summed E-state index contributed by atoms with van der Waals surface area (Å²) in [4.78, 5) is 9.27. The normalized spacial score (nSPS) is 26.5. The monoisotopic (exact) mass is 958 g/mol. The smallest absolute Gasteiger partial charge is 0.131 e. The van der Waals surface area contributed by atoms with Crippen LogP contribution in [-0.4, -0.2) is 81.6 Å². The lowest BCUT2D eigenvalue weighted by Gasteiger charge is -2.58. The highest BCUT2D eigenvalue weighted by Gasteiger charge is 2.55. The number of aliphatic hydroxyl groups is 2. The number of nitrogens with zero attached hydrogens (tertiary/aromatic N) is 4. The second kappa shape index (κ2) is 18.0. The SMILES string of the molecule is C=C[C@H]1C[N@+]2(Cc3cc4ccccc4c(-c4c([O-])c(C[N@@+]56CC[C@@H](C[C@@H]5[C@@H](O)c5ccnc7ccc(OC)cc57)[C@@H](C=C)C6)cc5ccccc45)c3[O-])CC[C@H]1C[C@@H]2[C@@H](O)c1ccnc2ccc(OC)cc12. The quantitative estimate of drug-likeness (QED) is 0.0863. The third kappa shape index (κ3) is 7.44. The third-order valence-electron chi connectivity index (χ3n) is 18.1. The van der Waals surface area contributed by atoms with E-state index in [0.717, 1.165) is 106 Å². The van der Waals surface area contributed by atoms with Gasteiger partial charge in [0.05, 0.1) is 51.4 Å². The number of pyridine rings is 2. The summed E-state index contributed by atoms with van der Waals surface area (Å²) in [6.07, 6.45) is 9.50. The number of benzene rings is 6. The van der Waals surface area contributed by atoms with Crippen LogP contribution in [0.2, 0.25) is 0 Å². The van der Waals surface area contributed by atoms with Gasteiger partial charge in [-0.1, -0.05) is 72.2 Å². The van der Waals surface area contributed by atoms with Gasteiger partial charge >= 0.3 is 0 Å². The van der Waals surface area contributed by atoms with E-state index >= 15 is 10.2 Å². The molecule has 6 aliphatic heterocycles. The molecule has 2 N–H and O–H groups in total. The maximum Gasteiger partial charge on any atom is 0.131 e. The van der Waals surface area contributed by atoms with Gasteiger partial charge in [0.2, 0.25) is 0 Å². The Hall–Kier alpha value is -6.82. The summed E-state index contributed by atoms with van der Waals surface area (Å²) >= 11 is 0. The van der Waals surface area contributed by atoms with Crippen molar-refractivity contribution in [1.82, 2.24) is 9.97 Å². The topological polar surface area (TPSA) is 131 Å². The van der Waals surface area contributed by atoms with E-state index in [4.69, 9.17) is 9.47 Å². The van der Waals surface area contributed by atoms with E-state index < -0.39 is 12.2 Å². The van der Waals surface area contributed by atoms with Gasteiger partial charge in [0.15, 0.2) is 0 Å². The fraction of sp³-hybridized carbons (Fsp3) is 0.323. The molecule has 0 aliphatic carbocycles. The van der Waals surface area contributed by atoms with Crippen LogP contribution in [0.3, 0.4) is 0 Å². The van der Waals surface area contributed by atoms with Crippen molar-refractivity contribution in [2.24, 2.45) is 23.7 Å². The molecule has 14 rings (SSSR count). The van der Waals surface area contributed by atoms with Gasteiger partial charge in [-0.3, -0.25) is 9.97 Å². The fourth-order valence-corrected chi connectivity index (χ4v) is 14.4. The minimum atomic E-state index is -0.837. The first-order valence-electron chi connectivity index (χ1n) is 25.7. The number of hydrogen-bond donors (Lipinski definition) is 2. The number of quaternary nitrogens is 2. The molecule has 4 bridgehead atoms. The molecule has 10 heteroatoms. The van der Waals surface area contributed by atoms with Crippen LogP contribution in [0.4, 0.5) is 0 Å². The molecular weight excluding hydrogens is 897 g/mol. The van der Waals surface area contributed by atoms with E-state index in [9.17, 15) is 10.2 Å². The summed E-state index contributed by atoms with van der Waals surface area (Å²) in [5, 5.41) is 62.2. The van der Waals surface area contributed by atoms with E-state index in [2.05, 4.69) is 35.3 Å². The van der Waals surface area contributed by atoms with E-state index in [1.165, 1.54) is 0 Å². The molecular formula is C62H62N4O6. The molecule has 8 aromatic rings. The van der Waals surface area contributed by atoms with Crippen LogP contribution in [0.5, 0.6) is 23.0 Å². The fourth-order valence-electron chi connectivity index (χ4n) is 14.4. The summed E-state index contributed by atoms with van der Waals surface area (Å²) in [6.45, 7) is 12.5. The van der Waals surface area contributed by atoms with E-state index in [1.807, 2.05) is 109 Å². The Labute approximate surface area is 420 Å². The van der Waals surface area contributed by atoms with Crippen LogP contribution in [0, 0.1) is 23.7 Å². The predicted molar refractivity (Wildman–Crippen MR) is 280 cm³/mol. The van der Waals surface area contributed by atoms with Gasteiger partial charge in [-0.05, 0) is 127 Å². The third-order valence-corrected chi connectivity index (χ3v) is 18.1. The standard InChI is InChI=1S/C62H62N4O6/c1-5-37-33-65(25-21-39(37)29-55(65)61(69)49-19-23-63-53-17-15-45(71-3)31-51(49)53)35-43-27-41-11-7-9-13-47(41)57(59(43)67)58-48-14-10-8-12-42(48)28-44(60(58)68)36-66-26-22-40(38(6-2)34-66)30-56(66)62(70)50-20-24-64-54-18-16-46(72-4)32-52(50)54/h5-20,23-24,27-28,31-32,37-40,55-56,61-62,69-70H,1-2,21-22,25-26,29-30,33-36H2,3-4H3/t37-,38-,39-,40-,55+,56+,61-,62-,65-,66-/m0/s1. The molecule has 0 amide bonds. The lowest BCUT2D eigenvalue weighted by molar-refractivity contribution is -0.985. The van der Waals surface area contributed by atoms with Crippen molar-refractivity contribution < 1.29 is 38.9 Å². The first-order chi connectivity index (χ1) is 35.1. The Morgan fingerprint density at radius 3 is 1.44 bits per heavy atom. The number of aromatic nitrogens is 2. The van der Waals surface area contributed by atoms with Crippen molar-refractivity contribution in [2.45, 2.75) is 63.1 Å². The molecule has 6 aliphatic rings. The summed E-state index contributed by atoms with van der Waals surface area (Å²) in [5.74, 6) is 2.29. The Morgan fingerprint density at radius 1 is 0.597 bits per heavy atom. The number of rotatable bonds is 13. The molecule has 6 saturated heterocycles. The van der Waals surface area contributed by atoms with Gasteiger partial charge in [0, 0.05) is 60.7 Å². The molecule has 6 aromatic carbocycles. The molecule has 10 nitrogen and oxygen atoms in total. The number of piperidine rings is 6. The summed E-state index contributed by atoms with van der Waals surface area (Å²) in [7, 11) is 3.29. The lowest BCUT2D eigenvalue weighted by atomic mass is 9.71. The summed E-state index contributed by atoms with van der Waals surface area (Å²) in [6, 6.07) is 35.0. The highest BCUT2D eigenvalue weighted by molar-refractivity contribution is 6.10. The van der Waals surface area contributed by atoms with Crippen LogP contribution in [0.1, 0.15) is 60.1 Å². The summed E-state index contributed by atoms with van der Waals surface area (Å²) < 4.78 is 12.3. The number of hydrogen-bond acceptors (Lipinski definition) is 8. The average Bonchev–Trinajstić information content (AvgIpc) is 3.42. The van der Waals surface area contributed by atoms with Crippen LogP contribution in [0.25, 0.3) is 54.5 Å². The molecule has 366 valence electrons. The van der Waals surface area contributed by atoms with Gasteiger partial charge in [-0.15, -0.1) is 13.2 Å². The van der Waals surface area contributed by atoms with Gasteiger partial charge in [-0.25, -0.2) is 0 Å². The van der Waals surface area contributed by atoms with Gasteiger partial charge in [-0.2, -0.15) is 0 Å². The van der Waals surface area contributed by atoms with Crippen LogP contribution in [-0.2, 0) is 13.1 Å². The van der Waals surface area contributed by atoms with E-state index in [0.29, 0.717) is 67.6 Å². The molecule has 0 radical (unpaired) electrons. The van der Waals surface area contributed by atoms with Crippen molar-refractivity contribution in [1.29, 1.82) is 0 Å². The highest BCUT2D eigenvalue weighted by atomic mass is 16.5. The van der Waals surface area contributed by atoms with Crippen molar-refractivity contribution in [3.63, 3.8) is 0 Å². The lowest BCUT2D eigenvalue weighted by Crippen LogP contribution is -2.67. The maximum atomic E-state index is 15.9. The predicted octanol–water partition coefficient (Wildman–Crippen LogP) is 10.2. The van der Waals surface area contributed by atoms with Crippen LogP contribution >= 0.6 is 0 Å². The zero-order chi connectivity index (χ0) is 49.5. The van der Waals surface area contributed by atoms with Crippen molar-refractivity contribution in [2.75, 3.05) is 40.4 Å². The molecule has 0 spiro atoms. The van der Waals surface area contributed by atoms with E-state index in [1.54, 1.807) is 26.6 Å². The summed E-state index contributed by atoms with van der Waals surface area (Å²) in [5.41, 5.74) is 5.30. The number of fused-ring (bicyclic) bond motifs is 10. The zero-order valence-corrected chi connectivity index (χ0v) is 41.1. The average molecular weight is 959 g/mol. The van der Waals surface area contributed by atoms with Crippen LogP contribution in [0.15, 0.2) is 147 Å². The Morgan fingerprint density at radius 2 is 1.03 bits per heavy atom. The minimum absolute atomic E-state index is 0.151. The molecule has 2 aromatic heterocycles. The Bertz CT molecular complexity index is 3220. The Kier molecular flexibility index (Phi) is 11.6. The van der Waals surface area contributed by atoms with Crippen LogP contribution < -0.4 is 19.7 Å². The first-order valence-corrected chi connectivity index (χ1v) is 25.7. The zero-order valence-electron chi connectivity index (χ0n) is 41.1. The largest absolute Gasteiger partial charge is 0.872 e. The van der Waals surface area contributed by atoms with Gasteiger partial charge in [0.25, 0.3) is 0 Å². The van der Waals surface area contributed by atoms with Crippen molar-refractivity contribution in [3.8, 4) is 34.1 Å². The molecule has 6 fully saturated rings. The van der Waals surface area contributed by atoms with Gasteiger partial charge in [0.1, 0.15) is 48.9 Å². The van der Waals surface area contributed by atoms with Gasteiger partial charge < -0.3 is 38.9 Å². The first kappa shape index (κ1) is 46.3. The molecule has 8 heterocycles. The van der Waals surface area contributed by atoms with Crippen molar-refractivity contribution in [3.05, 3.63) is 169 Å². The number of aliphatic hydroxyl groups excluding tert-OH is 2. The number of methoxy groups -OCH3 is 2. The molecule has 0 saturated carbocycles. The number of ether oxygens (including phenoxy) is 2. The highest BCUT2D eigenvalue weighted by Crippen LogP contribution is 2.53. The second-order valence-corrected chi connectivity index (χ2v) is 21.4. The molecule has 10 atom stereocenters. The molecule has 0 unspecified atom stereocenters. The van der Waals surface area contributed by atoms with Crippen molar-refractivity contribution >= 4 is 43.4 Å². The minimum Gasteiger partial charge on any atom is -0.872 e. The second-order valence-electron chi connectivity index (χ2n) is 21.4. The van der Waals surface area contributed by atoms with E-state index in [-0.39, 0.29) is 35.4 Å². The maximum absolute atomic E-state index is 15.9. The molecule has 72 heavy (non-hydrogen) atoms.